The highest BCUT2D eigenvalue weighted by Crippen LogP contribution is 2.47. The minimum Gasteiger partial charge on any atom is -0.457 e. The first-order valence-corrected chi connectivity index (χ1v) is 10.4. The Hall–Kier alpha value is -2.27. The van der Waals surface area contributed by atoms with E-state index in [4.69, 9.17) is 13.8 Å². The average molecular weight is 390 g/mol. The van der Waals surface area contributed by atoms with Gasteiger partial charge in [-0.1, -0.05) is 54.6 Å². The van der Waals surface area contributed by atoms with Gasteiger partial charge in [-0.15, -0.1) is 0 Å². The first-order chi connectivity index (χ1) is 13.0. The van der Waals surface area contributed by atoms with Crippen molar-refractivity contribution in [2.75, 3.05) is 26.0 Å². The lowest BCUT2D eigenvalue weighted by Crippen LogP contribution is -2.18. The number of ether oxygens (including phenoxy) is 1. The van der Waals surface area contributed by atoms with Crippen molar-refractivity contribution < 1.29 is 27.9 Å². The molecule has 2 aromatic rings. The van der Waals surface area contributed by atoms with Gasteiger partial charge in [-0.3, -0.25) is 14.2 Å². The monoisotopic (exact) mass is 390 g/mol. The summed E-state index contributed by atoms with van der Waals surface area (Å²) in [5.41, 5.74) is 2.46. The van der Waals surface area contributed by atoms with Crippen LogP contribution in [0.4, 0.5) is 0 Å². The van der Waals surface area contributed by atoms with Crippen LogP contribution < -0.4 is 0 Å². The zero-order valence-corrected chi connectivity index (χ0v) is 16.3. The summed E-state index contributed by atoms with van der Waals surface area (Å²) in [5, 5.41) is 0. The fraction of sp³-hybridized carbons (Fsp3) is 0.300. The van der Waals surface area contributed by atoms with Gasteiger partial charge in [0.25, 0.3) is 0 Å². The fourth-order valence-electron chi connectivity index (χ4n) is 2.43. The van der Waals surface area contributed by atoms with Gasteiger partial charge in [0.05, 0.1) is 13.2 Å². The van der Waals surface area contributed by atoms with Crippen LogP contribution in [0, 0.1) is 0 Å². The molecule has 0 fully saturated rings. The van der Waals surface area contributed by atoms with Gasteiger partial charge in [0, 0.05) is 5.56 Å². The first-order valence-electron chi connectivity index (χ1n) is 8.70. The summed E-state index contributed by atoms with van der Waals surface area (Å²) in [6, 6.07) is 16.8. The summed E-state index contributed by atoms with van der Waals surface area (Å²) in [4.78, 5) is 24.1. The predicted molar refractivity (Wildman–Crippen MR) is 103 cm³/mol. The van der Waals surface area contributed by atoms with Gasteiger partial charge in [0.15, 0.2) is 12.4 Å². The highest BCUT2D eigenvalue weighted by Gasteiger charge is 2.28. The van der Waals surface area contributed by atoms with Crippen molar-refractivity contribution in [1.29, 1.82) is 0 Å². The Labute approximate surface area is 159 Å². The molecule has 27 heavy (non-hydrogen) atoms. The molecule has 7 heteroatoms. The van der Waals surface area contributed by atoms with Crippen LogP contribution >= 0.6 is 7.60 Å². The van der Waals surface area contributed by atoms with E-state index in [9.17, 15) is 14.2 Å². The van der Waals surface area contributed by atoms with E-state index in [0.717, 1.165) is 11.1 Å². The van der Waals surface area contributed by atoms with Crippen molar-refractivity contribution in [3.8, 4) is 11.1 Å². The van der Waals surface area contributed by atoms with Crippen molar-refractivity contribution >= 4 is 19.3 Å². The van der Waals surface area contributed by atoms with E-state index in [1.807, 2.05) is 42.5 Å². The third-order valence-electron chi connectivity index (χ3n) is 3.65. The maximum Gasteiger partial charge on any atom is 0.341 e. The molecule has 0 aliphatic carbocycles. The normalized spacial score (nSPS) is 11.2. The van der Waals surface area contributed by atoms with Gasteiger partial charge >= 0.3 is 13.6 Å². The van der Waals surface area contributed by atoms with Crippen LogP contribution in [0.1, 0.15) is 24.2 Å². The molecule has 0 bridgehead atoms. The molecule has 2 aromatic carbocycles. The lowest BCUT2D eigenvalue weighted by atomic mass is 10.0. The number of benzene rings is 2. The van der Waals surface area contributed by atoms with E-state index in [0.29, 0.717) is 5.56 Å². The van der Waals surface area contributed by atoms with Crippen molar-refractivity contribution in [3.63, 3.8) is 0 Å². The molecule has 0 N–H and O–H groups in total. The highest BCUT2D eigenvalue weighted by atomic mass is 31.2. The molecular weight excluding hydrogens is 367 g/mol. The fourth-order valence-corrected chi connectivity index (χ4v) is 3.89. The second-order valence-corrected chi connectivity index (χ2v) is 7.69. The molecule has 6 nitrogen and oxygen atoms in total. The SMILES string of the molecule is CCOP(=O)(CC(=O)OCC(=O)c1ccc(-c2ccccc2)cc1)OCC. The molecule has 0 atom stereocenters. The van der Waals surface area contributed by atoms with Crippen LogP contribution in [0.3, 0.4) is 0 Å². The summed E-state index contributed by atoms with van der Waals surface area (Å²) < 4.78 is 27.3. The van der Waals surface area contributed by atoms with Crippen molar-refractivity contribution in [1.82, 2.24) is 0 Å². The molecule has 0 saturated heterocycles. The highest BCUT2D eigenvalue weighted by molar-refractivity contribution is 7.54. The lowest BCUT2D eigenvalue weighted by molar-refractivity contribution is -0.139. The zero-order valence-electron chi connectivity index (χ0n) is 15.4. The van der Waals surface area contributed by atoms with E-state index < -0.39 is 26.3 Å². The van der Waals surface area contributed by atoms with E-state index in [-0.39, 0.29) is 19.0 Å². The van der Waals surface area contributed by atoms with Crippen molar-refractivity contribution in [2.24, 2.45) is 0 Å². The molecule has 0 saturated carbocycles. The molecule has 0 amide bonds. The molecule has 0 aromatic heterocycles. The van der Waals surface area contributed by atoms with Gasteiger partial charge in [0.2, 0.25) is 0 Å². The van der Waals surface area contributed by atoms with Crippen LogP contribution in [0.5, 0.6) is 0 Å². The number of Topliss-reactive ketones (excluding diaryl/α,β-unsaturated/α-hetero) is 1. The summed E-state index contributed by atoms with van der Waals surface area (Å²) >= 11 is 0. The second-order valence-electron chi connectivity index (χ2n) is 5.63. The van der Waals surface area contributed by atoms with E-state index >= 15 is 0 Å². The van der Waals surface area contributed by atoms with Crippen LogP contribution in [-0.2, 0) is 23.1 Å². The molecule has 0 radical (unpaired) electrons. The average Bonchev–Trinajstić information content (AvgIpc) is 2.67. The van der Waals surface area contributed by atoms with E-state index in [2.05, 4.69) is 0 Å². The lowest BCUT2D eigenvalue weighted by Gasteiger charge is -2.15. The minimum atomic E-state index is -3.53. The van der Waals surface area contributed by atoms with Crippen molar-refractivity contribution in [2.45, 2.75) is 13.8 Å². The van der Waals surface area contributed by atoms with Crippen molar-refractivity contribution in [3.05, 3.63) is 60.2 Å². The molecule has 0 aliphatic heterocycles. The maximum absolute atomic E-state index is 12.3. The van der Waals surface area contributed by atoms with Gasteiger partial charge in [-0.05, 0) is 25.0 Å². The summed E-state index contributed by atoms with van der Waals surface area (Å²) in [6.07, 6.45) is -0.519. The Bertz CT molecular complexity index is 791. The summed E-state index contributed by atoms with van der Waals surface area (Å²) in [6.45, 7) is 3.18. The summed E-state index contributed by atoms with van der Waals surface area (Å²) in [5.74, 6) is -1.14. The predicted octanol–water partition coefficient (Wildman–Crippen LogP) is 4.35. The Morgan fingerprint density at radius 1 is 0.852 bits per heavy atom. The Balaban J connectivity index is 1.91. The molecule has 2 rings (SSSR count). The number of carbonyl (C=O) groups excluding carboxylic acids is 2. The number of ketones is 1. The number of esters is 1. The third-order valence-corrected chi connectivity index (χ3v) is 5.60. The van der Waals surface area contributed by atoms with E-state index in [1.54, 1.807) is 26.0 Å². The molecule has 0 spiro atoms. The van der Waals surface area contributed by atoms with E-state index in [1.165, 1.54) is 0 Å². The van der Waals surface area contributed by atoms with Crippen LogP contribution in [0.2, 0.25) is 0 Å². The quantitative estimate of drug-likeness (QED) is 0.341. The number of hydrogen-bond donors (Lipinski definition) is 0. The number of carbonyl (C=O) groups is 2. The summed E-state index contributed by atoms with van der Waals surface area (Å²) in [7, 11) is -3.53. The first kappa shape index (κ1) is 21.0. The number of rotatable bonds is 10. The molecule has 0 aliphatic rings. The van der Waals surface area contributed by atoms with Crippen LogP contribution in [0.15, 0.2) is 54.6 Å². The largest absolute Gasteiger partial charge is 0.457 e. The van der Waals surface area contributed by atoms with Gasteiger partial charge in [-0.2, -0.15) is 0 Å². The second kappa shape index (κ2) is 10.2. The Kier molecular flexibility index (Phi) is 7.92. The standard InChI is InChI=1S/C20H23O6P/c1-3-25-27(23,26-4-2)15-20(22)24-14-19(21)18-12-10-17(11-13-18)16-8-6-5-7-9-16/h5-13H,3-4,14-15H2,1-2H3. The molecule has 144 valence electrons. The van der Waals surface area contributed by atoms with Gasteiger partial charge < -0.3 is 13.8 Å². The third kappa shape index (κ3) is 6.43. The molecule has 0 unspecified atom stereocenters. The maximum atomic E-state index is 12.3. The number of hydrogen-bond acceptors (Lipinski definition) is 6. The zero-order chi connectivity index (χ0) is 19.7. The van der Waals surface area contributed by atoms with Gasteiger partial charge in [0.1, 0.15) is 6.16 Å². The van der Waals surface area contributed by atoms with Crippen LogP contribution in [-0.4, -0.2) is 37.7 Å². The topological polar surface area (TPSA) is 78.9 Å². The Morgan fingerprint density at radius 3 is 1.96 bits per heavy atom. The molecular formula is C20H23O6P. The smallest absolute Gasteiger partial charge is 0.341 e. The minimum absolute atomic E-state index is 0.150. The molecule has 0 heterocycles. The van der Waals surface area contributed by atoms with Crippen LogP contribution in [0.25, 0.3) is 11.1 Å². The Morgan fingerprint density at radius 2 is 1.41 bits per heavy atom. The van der Waals surface area contributed by atoms with Gasteiger partial charge in [-0.25, -0.2) is 0 Å².